The van der Waals surface area contributed by atoms with Gasteiger partial charge in [0, 0.05) is 19.6 Å². The monoisotopic (exact) mass is 1050 g/mol. The molecule has 0 aliphatic rings. The van der Waals surface area contributed by atoms with Crippen LogP contribution in [0.25, 0.3) is 0 Å². The van der Waals surface area contributed by atoms with Crippen LogP contribution in [0.15, 0.2) is 0 Å². The first-order valence-corrected chi connectivity index (χ1v) is 28.3. The summed E-state index contributed by atoms with van der Waals surface area (Å²) < 4.78 is 66.3. The molecule has 0 amide bonds. The Labute approximate surface area is 442 Å². The molecule has 19 nitrogen and oxygen atoms in total. The number of hydrogen-bond acceptors (Lipinski definition) is 19. The lowest BCUT2D eigenvalue weighted by molar-refractivity contribution is -0.179. The molecule has 434 valence electrons. The van der Waals surface area contributed by atoms with E-state index < -0.39 is 36.4 Å². The second kappa shape index (κ2) is 54.7. The summed E-state index contributed by atoms with van der Waals surface area (Å²) in [5, 5.41) is 11.4. The summed E-state index contributed by atoms with van der Waals surface area (Å²) in [6.45, 7) is 28.5. The average molecular weight is 1050 g/mol. The summed E-state index contributed by atoms with van der Waals surface area (Å²) in [6.07, 6.45) is 12.5. The minimum Gasteiger partial charge on any atom is -0.463 e. The van der Waals surface area contributed by atoms with Crippen molar-refractivity contribution in [3.05, 3.63) is 0 Å². The zero-order valence-electron chi connectivity index (χ0n) is 47.0. The number of hydrogen-bond donors (Lipinski definition) is 1. The molecule has 0 radical (unpaired) electrons. The molecule has 19 heteroatoms. The molecule has 73 heavy (non-hydrogen) atoms. The van der Waals surface area contributed by atoms with Gasteiger partial charge in [-0.1, -0.05) is 80.1 Å². The van der Waals surface area contributed by atoms with E-state index in [0.717, 1.165) is 58.9 Å². The number of aliphatic hydroxyl groups is 1. The van der Waals surface area contributed by atoms with Crippen LogP contribution in [-0.2, 0) is 71.2 Å². The van der Waals surface area contributed by atoms with Crippen molar-refractivity contribution in [3.8, 4) is 0 Å². The van der Waals surface area contributed by atoms with Crippen molar-refractivity contribution in [1.29, 1.82) is 0 Å². The summed E-state index contributed by atoms with van der Waals surface area (Å²) in [6, 6.07) is 0. The van der Waals surface area contributed by atoms with Crippen molar-refractivity contribution in [2.24, 2.45) is 0 Å². The topological polar surface area (TPSA) is 192 Å². The Bertz CT molecular complexity index is 1130. The number of carbonyl (C=O) groups excluding carboxylic acids is 3. The van der Waals surface area contributed by atoms with Crippen molar-refractivity contribution in [2.45, 2.75) is 137 Å². The number of ether oxygens (including phenoxy) is 12. The highest BCUT2D eigenvalue weighted by molar-refractivity contribution is 5.90. The van der Waals surface area contributed by atoms with Crippen LogP contribution in [0.1, 0.15) is 131 Å². The van der Waals surface area contributed by atoms with E-state index in [1.54, 1.807) is 0 Å². The van der Waals surface area contributed by atoms with Crippen molar-refractivity contribution in [1.82, 2.24) is 14.7 Å². The molecule has 0 aromatic carbocycles. The van der Waals surface area contributed by atoms with E-state index in [2.05, 4.69) is 56.2 Å². The third-order valence-corrected chi connectivity index (χ3v) is 11.6. The van der Waals surface area contributed by atoms with Crippen molar-refractivity contribution < 1.29 is 76.3 Å². The van der Waals surface area contributed by atoms with Gasteiger partial charge >= 0.3 is 17.9 Å². The molecule has 0 aliphatic carbocycles. The molecule has 0 bridgehead atoms. The Kier molecular flexibility index (Phi) is 53.1. The van der Waals surface area contributed by atoms with Crippen LogP contribution in [0.3, 0.4) is 0 Å². The van der Waals surface area contributed by atoms with E-state index in [9.17, 15) is 19.5 Å². The molecule has 0 fully saturated rings. The predicted molar refractivity (Wildman–Crippen MR) is 283 cm³/mol. The maximum absolute atomic E-state index is 13.2. The summed E-state index contributed by atoms with van der Waals surface area (Å²) in [5.41, 5.74) is -2.56. The van der Waals surface area contributed by atoms with Crippen LogP contribution in [0.2, 0.25) is 0 Å². The first-order valence-electron chi connectivity index (χ1n) is 28.3. The van der Waals surface area contributed by atoms with Gasteiger partial charge in [0.2, 0.25) is 0 Å². The van der Waals surface area contributed by atoms with Crippen molar-refractivity contribution in [2.75, 3.05) is 198 Å². The van der Waals surface area contributed by atoms with Gasteiger partial charge in [-0.05, 0) is 77.8 Å². The molecular weight excluding hydrogens is 947 g/mol. The Morgan fingerprint density at radius 3 is 0.740 bits per heavy atom. The molecule has 0 atom stereocenters. The Balaban J connectivity index is 4.68. The Morgan fingerprint density at radius 2 is 0.507 bits per heavy atom. The fraction of sp³-hybridized carbons (Fsp3) is 0.944. The highest BCUT2D eigenvalue weighted by Crippen LogP contribution is 2.20. The van der Waals surface area contributed by atoms with Gasteiger partial charge in [0.15, 0.2) is 5.60 Å². The van der Waals surface area contributed by atoms with Gasteiger partial charge in [0.1, 0.15) is 19.8 Å². The van der Waals surface area contributed by atoms with E-state index in [4.69, 9.17) is 56.8 Å². The standard InChI is InChI=1S/C54H107N3O16/c1-7-13-19-55(20-14-8-2)25-28-62-31-34-65-37-40-68-43-46-71-51(58)49-54(61,53(60)73-48-45-70-42-39-67-36-33-64-30-27-57(23-17-11-5)24-18-12-6)50-52(59)72-47-44-69-41-38-66-35-32-63-29-26-56(21-15-9-3)22-16-10-4/h61H,7-50H2,1-6H3. The van der Waals surface area contributed by atoms with Crippen LogP contribution < -0.4 is 0 Å². The van der Waals surface area contributed by atoms with Gasteiger partial charge in [0.25, 0.3) is 0 Å². The maximum Gasteiger partial charge on any atom is 0.339 e. The number of nitrogens with zero attached hydrogens (tertiary/aromatic N) is 3. The summed E-state index contributed by atoms with van der Waals surface area (Å²) in [7, 11) is 0. The van der Waals surface area contributed by atoms with Gasteiger partial charge in [-0.2, -0.15) is 0 Å². The molecule has 0 unspecified atom stereocenters. The fourth-order valence-electron chi connectivity index (χ4n) is 7.05. The van der Waals surface area contributed by atoms with E-state index in [0.29, 0.717) is 79.3 Å². The molecular formula is C54H107N3O16. The zero-order chi connectivity index (χ0) is 53.6. The predicted octanol–water partition coefficient (Wildman–Crippen LogP) is 5.98. The maximum atomic E-state index is 13.2. The Morgan fingerprint density at radius 1 is 0.301 bits per heavy atom. The van der Waals surface area contributed by atoms with Crippen LogP contribution >= 0.6 is 0 Å². The molecule has 0 spiro atoms. The Hall–Kier alpha value is -2.11. The third kappa shape index (κ3) is 46.9. The highest BCUT2D eigenvalue weighted by Gasteiger charge is 2.43. The van der Waals surface area contributed by atoms with Gasteiger partial charge in [0.05, 0.1) is 132 Å². The van der Waals surface area contributed by atoms with Crippen molar-refractivity contribution in [3.63, 3.8) is 0 Å². The number of rotatable bonds is 59. The lowest BCUT2D eigenvalue weighted by Gasteiger charge is -2.24. The normalized spacial score (nSPS) is 11.9. The number of carbonyl (C=O) groups is 3. The highest BCUT2D eigenvalue weighted by atomic mass is 16.6. The van der Waals surface area contributed by atoms with E-state index in [-0.39, 0.29) is 59.5 Å². The largest absolute Gasteiger partial charge is 0.463 e. The van der Waals surface area contributed by atoms with Crippen LogP contribution in [0.5, 0.6) is 0 Å². The summed E-state index contributed by atoms with van der Waals surface area (Å²) >= 11 is 0. The van der Waals surface area contributed by atoms with Crippen LogP contribution in [0.4, 0.5) is 0 Å². The quantitative estimate of drug-likeness (QED) is 0.0424. The first-order chi connectivity index (χ1) is 35.7. The smallest absolute Gasteiger partial charge is 0.339 e. The van der Waals surface area contributed by atoms with Crippen LogP contribution in [0, 0.1) is 0 Å². The van der Waals surface area contributed by atoms with Crippen molar-refractivity contribution >= 4 is 17.9 Å². The summed E-state index contributed by atoms with van der Waals surface area (Å²) in [4.78, 5) is 46.2. The summed E-state index contributed by atoms with van der Waals surface area (Å²) in [5.74, 6) is -3.04. The van der Waals surface area contributed by atoms with E-state index >= 15 is 0 Å². The molecule has 0 aromatic heterocycles. The third-order valence-electron chi connectivity index (χ3n) is 11.6. The van der Waals surface area contributed by atoms with E-state index in [1.807, 2.05) is 0 Å². The fourth-order valence-corrected chi connectivity index (χ4v) is 7.05. The zero-order valence-corrected chi connectivity index (χ0v) is 47.0. The van der Waals surface area contributed by atoms with Crippen LogP contribution in [-0.4, -0.2) is 241 Å². The van der Waals surface area contributed by atoms with Gasteiger partial charge < -0.3 is 76.6 Å². The molecule has 1 N–H and O–H groups in total. The minimum atomic E-state index is -2.56. The molecule has 0 saturated carbocycles. The molecule has 0 aliphatic heterocycles. The lowest BCUT2D eigenvalue weighted by atomic mass is 9.95. The number of unbranched alkanes of at least 4 members (excludes halogenated alkanes) is 6. The van der Waals surface area contributed by atoms with Gasteiger partial charge in [-0.15, -0.1) is 0 Å². The van der Waals surface area contributed by atoms with Gasteiger partial charge in [-0.25, -0.2) is 4.79 Å². The molecule has 0 heterocycles. The second-order valence-corrected chi connectivity index (χ2v) is 18.1. The lowest BCUT2D eigenvalue weighted by Crippen LogP contribution is -2.45. The molecule has 0 rings (SSSR count). The second-order valence-electron chi connectivity index (χ2n) is 18.1. The van der Waals surface area contributed by atoms with Gasteiger partial charge in [-0.3, -0.25) is 9.59 Å². The average Bonchev–Trinajstić information content (AvgIpc) is 3.38. The number of esters is 3. The SMILES string of the molecule is CCCCN(CCCC)CCOCCOCCOCCOC(=O)CC(O)(CC(=O)OCCOCCOCCOCCN(CCCC)CCCC)C(=O)OCCOCCOCCOCCN(CCCC)CCCC. The molecule has 0 saturated heterocycles. The minimum absolute atomic E-state index is 0.00192. The molecule has 0 aromatic rings. The first kappa shape index (κ1) is 70.9. The van der Waals surface area contributed by atoms with E-state index in [1.165, 1.54) is 77.0 Å².